The molecule has 1 heterocycles. The molecule has 0 radical (unpaired) electrons. The highest BCUT2D eigenvalue weighted by Gasteiger charge is 2.49. The van der Waals surface area contributed by atoms with Crippen molar-refractivity contribution >= 4 is 23.8 Å². The third-order valence-corrected chi connectivity index (χ3v) is 5.06. The number of allylic oxidation sites excluding steroid dienone is 1. The van der Waals surface area contributed by atoms with Crippen LogP contribution in [0, 0.1) is 11.8 Å². The second-order valence-electron chi connectivity index (χ2n) is 10.4. The number of nitrogens with one attached hydrogen (secondary N) is 1. The van der Waals surface area contributed by atoms with Crippen LogP contribution in [0.25, 0.3) is 0 Å². The summed E-state index contributed by atoms with van der Waals surface area (Å²) < 4.78 is 11.2. The van der Waals surface area contributed by atoms with Crippen molar-refractivity contribution in [1.29, 1.82) is 0 Å². The van der Waals surface area contributed by atoms with Crippen molar-refractivity contribution in [2.45, 2.75) is 98.4 Å². The predicted molar refractivity (Wildman–Crippen MR) is 122 cm³/mol. The molecule has 182 valence electrons. The standard InChI is InChI=1S/C24H40N2O6/c1-10-11-17-13-19(21(29)31-23(4,5)6)26(22(30)32-24(7,8)9)18(17)12-15(2)20(28)14-25-16(3)27/h10-11,15,17-19H,12-14H2,1-9H3,(H,25,27)/t15-,17-,18-,19-/m1/s1. The molecule has 4 atom stereocenters. The van der Waals surface area contributed by atoms with Crippen LogP contribution < -0.4 is 5.32 Å². The summed E-state index contributed by atoms with van der Waals surface area (Å²) in [5, 5.41) is 2.52. The summed E-state index contributed by atoms with van der Waals surface area (Å²) >= 11 is 0. The number of amides is 2. The van der Waals surface area contributed by atoms with E-state index in [1.165, 1.54) is 11.8 Å². The van der Waals surface area contributed by atoms with Gasteiger partial charge in [-0.15, -0.1) is 0 Å². The van der Waals surface area contributed by atoms with Crippen molar-refractivity contribution in [2.24, 2.45) is 11.8 Å². The Bertz CT molecular complexity index is 732. The average Bonchev–Trinajstić information content (AvgIpc) is 2.95. The fourth-order valence-corrected chi connectivity index (χ4v) is 3.74. The highest BCUT2D eigenvalue weighted by molar-refractivity contribution is 5.87. The van der Waals surface area contributed by atoms with Gasteiger partial charge in [0.25, 0.3) is 0 Å². The second-order valence-corrected chi connectivity index (χ2v) is 10.4. The Morgan fingerprint density at radius 2 is 1.62 bits per heavy atom. The molecular formula is C24H40N2O6. The Balaban J connectivity index is 3.26. The molecule has 0 saturated carbocycles. The minimum absolute atomic E-state index is 0.0700. The van der Waals surface area contributed by atoms with Crippen molar-refractivity contribution in [1.82, 2.24) is 10.2 Å². The van der Waals surface area contributed by atoms with Crippen LogP contribution >= 0.6 is 0 Å². The summed E-state index contributed by atoms with van der Waals surface area (Å²) in [6, 6.07) is -1.23. The van der Waals surface area contributed by atoms with E-state index in [9.17, 15) is 19.2 Å². The fraction of sp³-hybridized carbons (Fsp3) is 0.750. The van der Waals surface area contributed by atoms with Gasteiger partial charge in [-0.1, -0.05) is 19.1 Å². The molecule has 1 rings (SSSR count). The summed E-state index contributed by atoms with van der Waals surface area (Å²) in [6.45, 7) is 15.6. The zero-order valence-electron chi connectivity index (χ0n) is 21.0. The maximum Gasteiger partial charge on any atom is 0.411 e. The number of nitrogens with zero attached hydrogens (tertiary/aromatic N) is 1. The van der Waals surface area contributed by atoms with Crippen LogP contribution in [-0.2, 0) is 23.9 Å². The van der Waals surface area contributed by atoms with Gasteiger partial charge in [-0.25, -0.2) is 9.59 Å². The fourth-order valence-electron chi connectivity index (χ4n) is 3.74. The first-order chi connectivity index (χ1) is 14.6. The smallest absolute Gasteiger partial charge is 0.411 e. The lowest BCUT2D eigenvalue weighted by Gasteiger charge is -2.34. The van der Waals surface area contributed by atoms with Gasteiger partial charge in [0.05, 0.1) is 6.54 Å². The van der Waals surface area contributed by atoms with Crippen LogP contribution in [0.15, 0.2) is 12.2 Å². The van der Waals surface area contributed by atoms with Crippen molar-refractivity contribution in [3.63, 3.8) is 0 Å². The van der Waals surface area contributed by atoms with Crippen LogP contribution in [0.5, 0.6) is 0 Å². The van der Waals surface area contributed by atoms with E-state index in [-0.39, 0.29) is 24.2 Å². The number of carbonyl (C=O) groups is 4. The molecule has 8 nitrogen and oxygen atoms in total. The van der Waals surface area contributed by atoms with Crippen LogP contribution in [-0.4, -0.2) is 58.5 Å². The zero-order valence-corrected chi connectivity index (χ0v) is 21.0. The number of Topliss-reactive ketones (excluding diaryl/α,β-unsaturated/α-hetero) is 1. The molecule has 0 aromatic rings. The Morgan fingerprint density at radius 1 is 1.06 bits per heavy atom. The summed E-state index contributed by atoms with van der Waals surface area (Å²) in [7, 11) is 0. The second kappa shape index (κ2) is 11.0. The minimum atomic E-state index is -0.812. The summed E-state index contributed by atoms with van der Waals surface area (Å²) in [5.74, 6) is -1.47. The molecule has 0 unspecified atom stereocenters. The molecule has 0 spiro atoms. The normalized spacial score (nSPS) is 22.5. The van der Waals surface area contributed by atoms with Crippen molar-refractivity contribution in [3.8, 4) is 0 Å². The van der Waals surface area contributed by atoms with Gasteiger partial charge < -0.3 is 14.8 Å². The van der Waals surface area contributed by atoms with E-state index < -0.39 is 41.3 Å². The molecule has 32 heavy (non-hydrogen) atoms. The van der Waals surface area contributed by atoms with E-state index in [0.29, 0.717) is 12.8 Å². The van der Waals surface area contributed by atoms with Crippen LogP contribution in [0.1, 0.15) is 75.2 Å². The molecule has 0 aromatic carbocycles. The first-order valence-electron chi connectivity index (χ1n) is 11.2. The van der Waals surface area contributed by atoms with Gasteiger partial charge in [-0.3, -0.25) is 14.5 Å². The molecule has 1 N–H and O–H groups in total. The Hall–Kier alpha value is -2.38. The zero-order chi connectivity index (χ0) is 24.9. The monoisotopic (exact) mass is 452 g/mol. The maximum atomic E-state index is 13.2. The average molecular weight is 453 g/mol. The van der Waals surface area contributed by atoms with Crippen LogP contribution in [0.3, 0.4) is 0 Å². The number of likely N-dealkylation sites (tertiary alicyclic amines) is 1. The number of hydrogen-bond donors (Lipinski definition) is 1. The Labute approximate surface area is 192 Å². The van der Waals surface area contributed by atoms with E-state index in [1.54, 1.807) is 48.5 Å². The lowest BCUT2D eigenvalue weighted by Crippen LogP contribution is -2.50. The number of ketones is 1. The molecule has 1 saturated heterocycles. The van der Waals surface area contributed by atoms with E-state index in [2.05, 4.69) is 5.32 Å². The molecule has 1 aliphatic heterocycles. The number of hydrogen-bond acceptors (Lipinski definition) is 6. The molecule has 0 bridgehead atoms. The van der Waals surface area contributed by atoms with Crippen molar-refractivity contribution in [3.05, 3.63) is 12.2 Å². The first-order valence-corrected chi connectivity index (χ1v) is 11.2. The van der Waals surface area contributed by atoms with Crippen LogP contribution in [0.2, 0.25) is 0 Å². The molecule has 0 aliphatic carbocycles. The lowest BCUT2D eigenvalue weighted by molar-refractivity contribution is -0.160. The van der Waals surface area contributed by atoms with Crippen molar-refractivity contribution in [2.75, 3.05) is 6.54 Å². The number of esters is 1. The predicted octanol–water partition coefficient (Wildman–Crippen LogP) is 3.63. The Morgan fingerprint density at radius 3 is 2.09 bits per heavy atom. The first kappa shape index (κ1) is 27.7. The number of carbonyl (C=O) groups excluding carboxylic acids is 4. The van der Waals surface area contributed by atoms with Crippen molar-refractivity contribution < 1.29 is 28.7 Å². The van der Waals surface area contributed by atoms with E-state index in [1.807, 2.05) is 19.1 Å². The van der Waals surface area contributed by atoms with E-state index >= 15 is 0 Å². The minimum Gasteiger partial charge on any atom is -0.458 e. The van der Waals surface area contributed by atoms with Gasteiger partial charge in [-0.2, -0.15) is 0 Å². The molecule has 1 fully saturated rings. The van der Waals surface area contributed by atoms with Gasteiger partial charge in [0, 0.05) is 18.9 Å². The topological polar surface area (TPSA) is 102 Å². The molecule has 2 amide bonds. The number of rotatable bonds is 7. The molecule has 0 aromatic heterocycles. The summed E-state index contributed by atoms with van der Waals surface area (Å²) in [5.41, 5.74) is -1.45. The SMILES string of the molecule is CC=C[C@@H]1C[C@H](C(=O)OC(C)(C)C)N(C(=O)OC(C)(C)C)[C@@H]1C[C@@H](C)C(=O)CNC(C)=O. The molecule has 8 heteroatoms. The highest BCUT2D eigenvalue weighted by atomic mass is 16.6. The number of ether oxygens (including phenoxy) is 2. The highest BCUT2D eigenvalue weighted by Crippen LogP contribution is 2.37. The lowest BCUT2D eigenvalue weighted by atomic mass is 9.89. The third kappa shape index (κ3) is 8.63. The van der Waals surface area contributed by atoms with E-state index in [0.717, 1.165) is 0 Å². The summed E-state index contributed by atoms with van der Waals surface area (Å²) in [6.07, 6.45) is 3.96. The molecule has 1 aliphatic rings. The third-order valence-electron chi connectivity index (χ3n) is 5.06. The summed E-state index contributed by atoms with van der Waals surface area (Å²) in [4.78, 5) is 51.4. The van der Waals surface area contributed by atoms with Gasteiger partial charge in [0.1, 0.15) is 17.2 Å². The van der Waals surface area contributed by atoms with Gasteiger partial charge >= 0.3 is 12.1 Å². The Kier molecular flexibility index (Phi) is 9.48. The van der Waals surface area contributed by atoms with E-state index in [4.69, 9.17) is 9.47 Å². The largest absolute Gasteiger partial charge is 0.458 e. The van der Waals surface area contributed by atoms with Crippen LogP contribution in [0.4, 0.5) is 4.79 Å². The quantitative estimate of drug-likeness (QED) is 0.467. The maximum absolute atomic E-state index is 13.2. The van der Waals surface area contributed by atoms with Gasteiger partial charge in [0.15, 0.2) is 5.78 Å². The molecular weight excluding hydrogens is 412 g/mol. The van der Waals surface area contributed by atoms with Gasteiger partial charge in [-0.05, 0) is 67.2 Å². The van der Waals surface area contributed by atoms with Gasteiger partial charge in [0.2, 0.25) is 5.91 Å².